The van der Waals surface area contributed by atoms with E-state index in [0.29, 0.717) is 10.0 Å². The number of sulfonamides is 1. The lowest BCUT2D eigenvalue weighted by Gasteiger charge is -2.09. The SMILES string of the molecule is Cc1ccc(S(=O)(=O)Nc2ccc(Br)cn2)cc1C(=O)O. The van der Waals surface area contributed by atoms with Crippen molar-refractivity contribution in [2.24, 2.45) is 0 Å². The minimum Gasteiger partial charge on any atom is -0.478 e. The van der Waals surface area contributed by atoms with Crippen LogP contribution in [-0.2, 0) is 10.0 Å². The van der Waals surface area contributed by atoms with Gasteiger partial charge in [-0.25, -0.2) is 18.2 Å². The van der Waals surface area contributed by atoms with Crippen LogP contribution >= 0.6 is 15.9 Å². The van der Waals surface area contributed by atoms with Crippen LogP contribution in [0.15, 0.2) is 45.9 Å². The molecule has 0 fully saturated rings. The number of carboxylic acid groups (broad SMARTS) is 1. The minimum atomic E-state index is -3.89. The Balaban J connectivity index is 2.38. The molecule has 1 aromatic carbocycles. The molecule has 0 unspecified atom stereocenters. The van der Waals surface area contributed by atoms with E-state index in [1.54, 1.807) is 13.0 Å². The van der Waals surface area contributed by atoms with E-state index in [-0.39, 0.29) is 16.3 Å². The molecular weight excluding hydrogens is 360 g/mol. The molecule has 0 saturated carbocycles. The van der Waals surface area contributed by atoms with Crippen molar-refractivity contribution in [3.05, 3.63) is 52.1 Å². The molecule has 6 nitrogen and oxygen atoms in total. The lowest BCUT2D eigenvalue weighted by Crippen LogP contribution is -2.15. The van der Waals surface area contributed by atoms with Gasteiger partial charge in [0.15, 0.2) is 0 Å². The summed E-state index contributed by atoms with van der Waals surface area (Å²) in [5.41, 5.74) is 0.435. The number of aromatic carboxylic acids is 1. The number of nitrogens with zero attached hydrogens (tertiary/aromatic N) is 1. The summed E-state index contributed by atoms with van der Waals surface area (Å²) < 4.78 is 27.4. The molecular formula is C13H11BrN2O4S. The van der Waals surface area contributed by atoms with Crippen LogP contribution in [0.1, 0.15) is 15.9 Å². The quantitative estimate of drug-likeness (QED) is 0.862. The maximum Gasteiger partial charge on any atom is 0.335 e. The van der Waals surface area contributed by atoms with Gasteiger partial charge in [-0.1, -0.05) is 6.07 Å². The van der Waals surface area contributed by atoms with Gasteiger partial charge in [0, 0.05) is 10.7 Å². The summed E-state index contributed by atoms with van der Waals surface area (Å²) in [6, 6.07) is 7.06. The average Bonchev–Trinajstić information content (AvgIpc) is 2.41. The molecule has 0 bridgehead atoms. The molecule has 1 heterocycles. The van der Waals surface area contributed by atoms with Crippen LogP contribution < -0.4 is 4.72 Å². The molecule has 1 aromatic heterocycles. The Hall–Kier alpha value is -1.93. The second-order valence-electron chi connectivity index (χ2n) is 4.25. The molecule has 0 aliphatic carbocycles. The lowest BCUT2D eigenvalue weighted by molar-refractivity contribution is 0.0696. The normalized spacial score (nSPS) is 11.1. The van der Waals surface area contributed by atoms with Crippen LogP contribution in [0.3, 0.4) is 0 Å². The number of carboxylic acids is 1. The molecule has 2 rings (SSSR count). The van der Waals surface area contributed by atoms with Gasteiger partial charge >= 0.3 is 5.97 Å². The van der Waals surface area contributed by atoms with Gasteiger partial charge in [-0.05, 0) is 52.7 Å². The number of rotatable bonds is 4. The fourth-order valence-corrected chi connectivity index (χ4v) is 2.90. The van der Waals surface area contributed by atoms with Gasteiger partial charge in [0.1, 0.15) is 5.82 Å². The van der Waals surface area contributed by atoms with Crippen molar-refractivity contribution in [1.29, 1.82) is 0 Å². The molecule has 0 atom stereocenters. The van der Waals surface area contributed by atoms with Gasteiger partial charge in [0.05, 0.1) is 10.5 Å². The number of aromatic nitrogens is 1. The molecule has 0 saturated heterocycles. The van der Waals surface area contributed by atoms with Crippen molar-refractivity contribution < 1.29 is 18.3 Å². The Morgan fingerprint density at radius 2 is 2.00 bits per heavy atom. The van der Waals surface area contributed by atoms with E-state index < -0.39 is 16.0 Å². The first-order valence-corrected chi connectivity index (χ1v) is 8.05. The van der Waals surface area contributed by atoms with Crippen molar-refractivity contribution in [2.45, 2.75) is 11.8 Å². The van der Waals surface area contributed by atoms with Gasteiger partial charge in [0.2, 0.25) is 0 Å². The zero-order valence-electron chi connectivity index (χ0n) is 10.9. The molecule has 8 heteroatoms. The third-order valence-electron chi connectivity index (χ3n) is 2.72. The van der Waals surface area contributed by atoms with Gasteiger partial charge in [0.25, 0.3) is 10.0 Å². The van der Waals surface area contributed by atoms with E-state index in [4.69, 9.17) is 5.11 Å². The minimum absolute atomic E-state index is 0.0540. The van der Waals surface area contributed by atoms with E-state index >= 15 is 0 Å². The van der Waals surface area contributed by atoms with Gasteiger partial charge in [-0.15, -0.1) is 0 Å². The summed E-state index contributed by atoms with van der Waals surface area (Å²) in [5.74, 6) is -1.03. The highest BCUT2D eigenvalue weighted by Gasteiger charge is 2.18. The molecule has 0 amide bonds. The van der Waals surface area contributed by atoms with Crippen LogP contribution in [0.5, 0.6) is 0 Å². The fourth-order valence-electron chi connectivity index (χ4n) is 1.63. The van der Waals surface area contributed by atoms with Gasteiger partial charge in [-0.3, -0.25) is 4.72 Å². The highest BCUT2D eigenvalue weighted by atomic mass is 79.9. The summed E-state index contributed by atoms with van der Waals surface area (Å²) in [4.78, 5) is 14.8. The maximum atomic E-state index is 12.2. The zero-order valence-corrected chi connectivity index (χ0v) is 13.3. The van der Waals surface area contributed by atoms with Crippen LogP contribution in [0.2, 0.25) is 0 Å². The lowest BCUT2D eigenvalue weighted by atomic mass is 10.1. The molecule has 110 valence electrons. The summed E-state index contributed by atoms with van der Waals surface area (Å²) >= 11 is 3.20. The van der Waals surface area contributed by atoms with Crippen molar-refractivity contribution in [2.75, 3.05) is 4.72 Å². The van der Waals surface area contributed by atoms with Crippen molar-refractivity contribution >= 4 is 37.7 Å². The molecule has 0 aliphatic rings. The Kier molecular flexibility index (Phi) is 4.29. The Morgan fingerprint density at radius 1 is 1.29 bits per heavy atom. The van der Waals surface area contributed by atoms with Crippen LogP contribution in [0.25, 0.3) is 0 Å². The number of hydrogen-bond donors (Lipinski definition) is 2. The predicted molar refractivity (Wildman–Crippen MR) is 80.9 cm³/mol. The molecule has 2 aromatic rings. The highest BCUT2D eigenvalue weighted by molar-refractivity contribution is 9.10. The van der Waals surface area contributed by atoms with Crippen molar-refractivity contribution in [3.63, 3.8) is 0 Å². The van der Waals surface area contributed by atoms with E-state index in [1.165, 1.54) is 24.4 Å². The third kappa shape index (κ3) is 3.59. The summed E-state index contributed by atoms with van der Waals surface area (Å²) in [6.45, 7) is 1.60. The smallest absolute Gasteiger partial charge is 0.335 e. The molecule has 0 radical (unpaired) electrons. The average molecular weight is 371 g/mol. The molecule has 21 heavy (non-hydrogen) atoms. The number of anilines is 1. The highest BCUT2D eigenvalue weighted by Crippen LogP contribution is 2.19. The van der Waals surface area contributed by atoms with Crippen molar-refractivity contribution in [1.82, 2.24) is 4.98 Å². The maximum absolute atomic E-state index is 12.2. The molecule has 0 spiro atoms. The molecule has 2 N–H and O–H groups in total. The van der Waals surface area contributed by atoms with Crippen LogP contribution in [0.4, 0.5) is 5.82 Å². The van der Waals surface area contributed by atoms with E-state index in [2.05, 4.69) is 25.6 Å². The predicted octanol–water partition coefficient (Wildman–Crippen LogP) is 2.65. The zero-order chi connectivity index (χ0) is 15.6. The van der Waals surface area contributed by atoms with Gasteiger partial charge < -0.3 is 5.11 Å². The first-order valence-electron chi connectivity index (χ1n) is 5.78. The van der Waals surface area contributed by atoms with Crippen molar-refractivity contribution in [3.8, 4) is 0 Å². The first-order chi connectivity index (χ1) is 9.79. The Labute approximate surface area is 130 Å². The first kappa shape index (κ1) is 15.5. The standard InChI is InChI=1S/C13H11BrN2O4S/c1-8-2-4-10(6-11(8)13(17)18)21(19,20)16-12-5-3-9(14)7-15-12/h2-7H,1H3,(H,15,16)(H,17,18). The van der Waals surface area contributed by atoms with Crippen LogP contribution in [-0.4, -0.2) is 24.5 Å². The second-order valence-corrected chi connectivity index (χ2v) is 6.85. The monoisotopic (exact) mass is 370 g/mol. The number of hydrogen-bond acceptors (Lipinski definition) is 4. The molecule has 0 aliphatic heterocycles. The largest absolute Gasteiger partial charge is 0.478 e. The number of nitrogens with one attached hydrogen (secondary N) is 1. The summed E-state index contributed by atoms with van der Waals surface area (Å²) in [7, 11) is -3.89. The summed E-state index contributed by atoms with van der Waals surface area (Å²) in [5, 5.41) is 9.04. The van der Waals surface area contributed by atoms with E-state index in [9.17, 15) is 13.2 Å². The third-order valence-corrected chi connectivity index (χ3v) is 4.54. The van der Waals surface area contributed by atoms with E-state index in [0.717, 1.165) is 6.07 Å². The number of halogens is 1. The van der Waals surface area contributed by atoms with Crippen LogP contribution in [0, 0.1) is 6.92 Å². The Morgan fingerprint density at radius 3 is 2.57 bits per heavy atom. The van der Waals surface area contributed by atoms with E-state index in [1.807, 2.05) is 0 Å². The topological polar surface area (TPSA) is 96.4 Å². The second kappa shape index (κ2) is 5.82. The Bertz CT molecular complexity index is 788. The number of aryl methyl sites for hydroxylation is 1. The summed E-state index contributed by atoms with van der Waals surface area (Å²) in [6.07, 6.45) is 1.45. The fraction of sp³-hybridized carbons (Fsp3) is 0.0769. The van der Waals surface area contributed by atoms with Gasteiger partial charge in [-0.2, -0.15) is 0 Å². The number of benzene rings is 1. The number of pyridine rings is 1. The number of carbonyl (C=O) groups is 1.